The molecule has 0 aliphatic rings. The molecule has 0 fully saturated rings. The smallest absolute Gasteiger partial charge is 0.408 e. The average Bonchev–Trinajstić information content (AvgIpc) is 3.28. The van der Waals surface area contributed by atoms with Crippen LogP contribution in [0.25, 0.3) is 0 Å². The van der Waals surface area contributed by atoms with Gasteiger partial charge < -0.3 is 40.3 Å². The molecule has 372 valence electrons. The molecule has 0 bridgehead atoms. The highest BCUT2D eigenvalue weighted by molar-refractivity contribution is 6.03. The monoisotopic (exact) mass is 958 g/mol. The van der Waals surface area contributed by atoms with Crippen molar-refractivity contribution in [3.8, 4) is 0 Å². The average molecular weight is 959 g/mol. The van der Waals surface area contributed by atoms with Gasteiger partial charge in [-0.15, -0.1) is 0 Å². The maximum atomic E-state index is 13.9. The Labute approximate surface area is 409 Å². The van der Waals surface area contributed by atoms with Crippen molar-refractivity contribution >= 4 is 29.2 Å². The molecule has 1 unspecified atom stereocenters. The van der Waals surface area contributed by atoms with Crippen LogP contribution in [-0.2, 0) is 20.6 Å². The molecule has 0 aromatic heterocycles. The first kappa shape index (κ1) is 54.7. The van der Waals surface area contributed by atoms with E-state index in [4.69, 9.17) is 9.47 Å². The highest BCUT2D eigenvalue weighted by Crippen LogP contribution is 2.33. The third-order valence-electron chi connectivity index (χ3n) is 11.8. The number of carbonyl (C=O) groups is 5. The van der Waals surface area contributed by atoms with Gasteiger partial charge in [0.15, 0.2) is 29.2 Å². The van der Waals surface area contributed by atoms with E-state index in [0.717, 1.165) is 0 Å². The first-order chi connectivity index (χ1) is 32.2. The number of amides is 1. The second-order valence-electron chi connectivity index (χ2n) is 20.8. The molecule has 0 radical (unpaired) electrons. The lowest BCUT2D eigenvalue weighted by Gasteiger charge is -2.34. The van der Waals surface area contributed by atoms with Gasteiger partial charge in [0.2, 0.25) is 6.41 Å². The second-order valence-corrected chi connectivity index (χ2v) is 20.8. The number of aliphatic hydroxyl groups is 5. The molecule has 0 saturated heterocycles. The van der Waals surface area contributed by atoms with E-state index in [0.29, 0.717) is 33.4 Å². The molecule has 5 aromatic rings. The highest BCUT2D eigenvalue weighted by Gasteiger charge is 2.33. The van der Waals surface area contributed by atoms with Crippen LogP contribution in [0.4, 0.5) is 4.79 Å². The molecular formula is C56H66N2O12. The third kappa shape index (κ3) is 13.5. The van der Waals surface area contributed by atoms with Crippen LogP contribution in [-0.4, -0.2) is 83.6 Å². The minimum atomic E-state index is -1.61. The SMILES string of the molecule is CC(C)(O)C(=O)c1ccc(C(OC(=O)NC(C)(C)c2cccc(C(C)(C)NC(O)OC(c3ccc(C(=O)C(C)(C)O)cc3)c3ccc(C(=O)C(C)(C)O)cc3)c2)c2ccc(C(=O)C(C)(C)O)cc2)cc1. The molecule has 70 heavy (non-hydrogen) atoms. The predicted molar refractivity (Wildman–Crippen MR) is 264 cm³/mol. The van der Waals surface area contributed by atoms with Crippen molar-refractivity contribution in [3.05, 3.63) is 177 Å². The first-order valence-corrected chi connectivity index (χ1v) is 22.9. The first-order valence-electron chi connectivity index (χ1n) is 22.9. The number of Topliss-reactive ketones (excluding diaryl/α,β-unsaturated/α-hetero) is 4. The van der Waals surface area contributed by atoms with Crippen LogP contribution in [0.2, 0.25) is 0 Å². The lowest BCUT2D eigenvalue weighted by Crippen LogP contribution is -2.46. The van der Waals surface area contributed by atoms with E-state index < -0.39 is 81.3 Å². The van der Waals surface area contributed by atoms with Gasteiger partial charge in [-0.25, -0.2) is 4.79 Å². The number of rotatable bonds is 20. The van der Waals surface area contributed by atoms with Crippen LogP contribution in [0.1, 0.15) is 170 Å². The molecule has 0 aliphatic carbocycles. The number of benzene rings is 5. The van der Waals surface area contributed by atoms with Crippen LogP contribution in [0.15, 0.2) is 121 Å². The zero-order chi connectivity index (χ0) is 52.4. The third-order valence-corrected chi connectivity index (χ3v) is 11.8. The van der Waals surface area contributed by atoms with Crippen LogP contribution < -0.4 is 10.6 Å². The number of ether oxygens (including phenoxy) is 2. The zero-order valence-corrected chi connectivity index (χ0v) is 41.9. The lowest BCUT2D eigenvalue weighted by molar-refractivity contribution is -0.157. The number of aliphatic hydroxyl groups excluding tert-OH is 1. The Morgan fingerprint density at radius 3 is 1.01 bits per heavy atom. The molecule has 0 aliphatic heterocycles. The van der Waals surface area contributed by atoms with Crippen molar-refractivity contribution in [2.24, 2.45) is 0 Å². The van der Waals surface area contributed by atoms with Gasteiger partial charge in [-0.3, -0.25) is 24.5 Å². The van der Waals surface area contributed by atoms with E-state index in [2.05, 4.69) is 10.6 Å². The quantitative estimate of drug-likeness (QED) is 0.0289. The van der Waals surface area contributed by atoms with Gasteiger partial charge in [-0.2, -0.15) is 0 Å². The molecule has 0 saturated carbocycles. The van der Waals surface area contributed by atoms with Crippen LogP contribution in [0.3, 0.4) is 0 Å². The molecule has 5 aromatic carbocycles. The van der Waals surface area contributed by atoms with Crippen molar-refractivity contribution in [3.63, 3.8) is 0 Å². The van der Waals surface area contributed by atoms with E-state index in [9.17, 15) is 49.5 Å². The standard InChI is InChI=1S/C56H66N2O12/c1-51(2,57-49(63)69-43(33-16-24-37(25-17-33)45(59)53(5,6)65)34-18-26-38(27-19-34)46(60)54(7,8)66)41-14-13-15-42(32-41)52(3,4)58-50(64)70-44(35-20-28-39(29-21-35)47(61)55(9,10)67)36-22-30-40(31-23-36)48(62)56(11,12)68/h13-32,43-44,49,57,63,65-68H,1-12H3,(H,58,64). The van der Waals surface area contributed by atoms with Gasteiger partial charge >= 0.3 is 6.09 Å². The Morgan fingerprint density at radius 2 is 0.714 bits per heavy atom. The highest BCUT2D eigenvalue weighted by atomic mass is 16.6. The number of ketones is 4. The summed E-state index contributed by atoms with van der Waals surface area (Å²) >= 11 is 0. The topological polar surface area (TPSA) is 229 Å². The fourth-order valence-corrected chi connectivity index (χ4v) is 7.64. The van der Waals surface area contributed by atoms with Gasteiger partial charge in [0.05, 0.1) is 5.54 Å². The summed E-state index contributed by atoms with van der Waals surface area (Å²) in [7, 11) is 0. The van der Waals surface area contributed by atoms with Gasteiger partial charge in [0, 0.05) is 27.8 Å². The maximum Gasteiger partial charge on any atom is 0.408 e. The van der Waals surface area contributed by atoms with Gasteiger partial charge in [-0.05, 0) is 116 Å². The summed E-state index contributed by atoms with van der Waals surface area (Å²) in [5.41, 5.74) is -3.92. The fraction of sp³-hybridized carbons (Fsp3) is 0.375. The zero-order valence-electron chi connectivity index (χ0n) is 41.9. The van der Waals surface area contributed by atoms with E-state index in [-0.39, 0.29) is 22.3 Å². The Bertz CT molecular complexity index is 2540. The Morgan fingerprint density at radius 1 is 0.429 bits per heavy atom. The summed E-state index contributed by atoms with van der Waals surface area (Å²) < 4.78 is 12.4. The maximum absolute atomic E-state index is 13.9. The number of hydrogen-bond acceptors (Lipinski definition) is 13. The van der Waals surface area contributed by atoms with E-state index in [1.165, 1.54) is 79.7 Å². The van der Waals surface area contributed by atoms with Crippen molar-refractivity contribution in [2.75, 3.05) is 0 Å². The molecule has 1 amide bonds. The minimum absolute atomic E-state index is 0.253. The minimum Gasteiger partial charge on any atom is -0.436 e. The summed E-state index contributed by atoms with van der Waals surface area (Å²) in [5, 5.41) is 58.9. The Kier molecular flexibility index (Phi) is 16.1. The summed E-state index contributed by atoms with van der Waals surface area (Å²) in [6, 6.07) is 32.8. The summed E-state index contributed by atoms with van der Waals surface area (Å²) in [6.45, 7) is 18.4. The van der Waals surface area contributed by atoms with Crippen LogP contribution >= 0.6 is 0 Å². The van der Waals surface area contributed by atoms with Crippen molar-refractivity contribution < 1.29 is 59.0 Å². The molecule has 14 nitrogen and oxygen atoms in total. The number of nitrogens with one attached hydrogen (secondary N) is 2. The van der Waals surface area contributed by atoms with E-state index in [1.54, 1.807) is 86.6 Å². The summed E-state index contributed by atoms with van der Waals surface area (Å²) in [5.74, 6) is -1.95. The van der Waals surface area contributed by atoms with Gasteiger partial charge in [0.25, 0.3) is 0 Å². The lowest BCUT2D eigenvalue weighted by atomic mass is 9.87. The molecule has 5 rings (SSSR count). The van der Waals surface area contributed by atoms with Crippen molar-refractivity contribution in [1.29, 1.82) is 0 Å². The molecule has 7 N–H and O–H groups in total. The van der Waals surface area contributed by atoms with E-state index in [1.807, 2.05) is 38.1 Å². The summed E-state index contributed by atoms with van der Waals surface area (Å²) in [4.78, 5) is 65.2. The van der Waals surface area contributed by atoms with Crippen LogP contribution in [0.5, 0.6) is 0 Å². The fourth-order valence-electron chi connectivity index (χ4n) is 7.64. The van der Waals surface area contributed by atoms with Crippen LogP contribution in [0, 0.1) is 0 Å². The molecule has 14 heteroatoms. The normalized spacial score (nSPS) is 13.2. The second kappa shape index (κ2) is 20.6. The predicted octanol–water partition coefficient (Wildman–Crippen LogP) is 8.16. The molecule has 0 heterocycles. The molecule has 0 spiro atoms. The van der Waals surface area contributed by atoms with Gasteiger partial charge in [0.1, 0.15) is 28.5 Å². The summed E-state index contributed by atoms with van der Waals surface area (Å²) in [6.07, 6.45) is -4.34. The largest absolute Gasteiger partial charge is 0.436 e. The Hall–Kier alpha value is -6.23. The Balaban J connectivity index is 1.38. The van der Waals surface area contributed by atoms with Crippen molar-refractivity contribution in [1.82, 2.24) is 10.6 Å². The van der Waals surface area contributed by atoms with E-state index >= 15 is 0 Å². The number of hydrogen-bond donors (Lipinski definition) is 7. The van der Waals surface area contributed by atoms with Crippen molar-refractivity contribution in [2.45, 2.75) is 135 Å². The molecular weight excluding hydrogens is 893 g/mol. The number of alkyl carbamates (subject to hydrolysis) is 1. The number of carbonyl (C=O) groups excluding carboxylic acids is 5. The molecule has 1 atom stereocenters. The van der Waals surface area contributed by atoms with Gasteiger partial charge in [-0.1, -0.05) is 121 Å².